The predicted molar refractivity (Wildman–Crippen MR) is 119 cm³/mol. The Balaban J connectivity index is 1.52. The first kappa shape index (κ1) is 21.4. The van der Waals surface area contributed by atoms with E-state index in [2.05, 4.69) is 37.8 Å². The van der Waals surface area contributed by atoms with Crippen molar-refractivity contribution < 1.29 is 9.59 Å². The molecule has 0 saturated carbocycles. The fraction of sp³-hybridized carbons (Fsp3) is 0.680. The maximum absolute atomic E-state index is 13.4. The predicted octanol–water partition coefficient (Wildman–Crippen LogP) is 3.29. The van der Waals surface area contributed by atoms with Crippen molar-refractivity contribution in [3.05, 3.63) is 35.4 Å². The zero-order valence-electron chi connectivity index (χ0n) is 19.1. The molecule has 3 saturated heterocycles. The summed E-state index contributed by atoms with van der Waals surface area (Å²) in [7, 11) is 1.95. The number of nitrogens with zero attached hydrogens (tertiary/aromatic N) is 3. The molecule has 5 heteroatoms. The smallest absolute Gasteiger partial charge is 0.253 e. The molecule has 0 radical (unpaired) electrons. The van der Waals surface area contributed by atoms with Crippen LogP contribution < -0.4 is 0 Å². The van der Waals surface area contributed by atoms with Gasteiger partial charge in [-0.15, -0.1) is 0 Å². The molecule has 3 aliphatic heterocycles. The number of hydrogen-bond acceptors (Lipinski definition) is 3. The summed E-state index contributed by atoms with van der Waals surface area (Å²) >= 11 is 0. The summed E-state index contributed by atoms with van der Waals surface area (Å²) in [5.74, 6) is 1.07. The summed E-state index contributed by atoms with van der Waals surface area (Å²) in [5.41, 5.74) is 1.79. The summed E-state index contributed by atoms with van der Waals surface area (Å²) in [6.07, 6.45) is 3.81. The number of carbonyl (C=O) groups excluding carboxylic acids is 2. The number of fused-ring (bicyclic) bond motifs is 1. The van der Waals surface area contributed by atoms with Crippen molar-refractivity contribution in [2.24, 2.45) is 16.7 Å². The second-order valence-corrected chi connectivity index (χ2v) is 10.2. The van der Waals surface area contributed by atoms with Crippen LogP contribution in [0.5, 0.6) is 0 Å². The van der Waals surface area contributed by atoms with Gasteiger partial charge in [-0.3, -0.25) is 9.59 Å². The zero-order valence-corrected chi connectivity index (χ0v) is 19.1. The van der Waals surface area contributed by atoms with Crippen molar-refractivity contribution in [3.8, 4) is 0 Å². The lowest BCUT2D eigenvalue weighted by atomic mass is 9.60. The molecule has 0 bridgehead atoms. The summed E-state index contributed by atoms with van der Waals surface area (Å²) < 4.78 is 0. The van der Waals surface area contributed by atoms with Crippen molar-refractivity contribution in [3.63, 3.8) is 0 Å². The molecule has 0 aromatic heterocycles. The maximum Gasteiger partial charge on any atom is 0.253 e. The molecule has 1 atom stereocenters. The van der Waals surface area contributed by atoms with Crippen LogP contribution in [0.1, 0.15) is 56.0 Å². The van der Waals surface area contributed by atoms with Crippen molar-refractivity contribution >= 4 is 11.8 Å². The molecule has 0 aliphatic carbocycles. The van der Waals surface area contributed by atoms with E-state index in [0.717, 1.165) is 70.5 Å². The Morgan fingerprint density at radius 1 is 1.03 bits per heavy atom. The lowest BCUT2D eigenvalue weighted by Gasteiger charge is -2.47. The van der Waals surface area contributed by atoms with Crippen LogP contribution in [0.15, 0.2) is 24.3 Å². The number of amides is 2. The Bertz CT molecular complexity index is 795. The van der Waals surface area contributed by atoms with Crippen LogP contribution in [-0.4, -0.2) is 72.8 Å². The third-order valence-electron chi connectivity index (χ3n) is 7.91. The first-order chi connectivity index (χ1) is 14.3. The summed E-state index contributed by atoms with van der Waals surface area (Å²) in [4.78, 5) is 32.9. The molecule has 1 aromatic carbocycles. The highest BCUT2D eigenvalue weighted by atomic mass is 16.2. The number of benzene rings is 1. The SMILES string of the molecule is CCc1ccc(C(=O)N2CCC3(CC2)CN(CC(C)C)CC32CCN(C)C2=O)cc1. The van der Waals surface area contributed by atoms with Crippen LogP contribution in [-0.2, 0) is 11.2 Å². The van der Waals surface area contributed by atoms with Crippen molar-refractivity contribution in [2.75, 3.05) is 46.3 Å². The van der Waals surface area contributed by atoms with Gasteiger partial charge in [-0.1, -0.05) is 32.9 Å². The van der Waals surface area contributed by atoms with Crippen LogP contribution in [0.2, 0.25) is 0 Å². The van der Waals surface area contributed by atoms with E-state index < -0.39 is 0 Å². The summed E-state index contributed by atoms with van der Waals surface area (Å²) in [6.45, 7) is 11.9. The van der Waals surface area contributed by atoms with Gasteiger partial charge in [-0.05, 0) is 49.3 Å². The van der Waals surface area contributed by atoms with E-state index in [1.54, 1.807) is 0 Å². The maximum atomic E-state index is 13.4. The quantitative estimate of drug-likeness (QED) is 0.764. The van der Waals surface area contributed by atoms with Crippen LogP contribution in [0.4, 0.5) is 0 Å². The molecule has 164 valence electrons. The fourth-order valence-electron chi connectivity index (χ4n) is 6.24. The van der Waals surface area contributed by atoms with Gasteiger partial charge in [0.1, 0.15) is 0 Å². The first-order valence-corrected chi connectivity index (χ1v) is 11.7. The van der Waals surface area contributed by atoms with Gasteiger partial charge in [0.15, 0.2) is 0 Å². The standard InChI is InChI=1S/C25H37N3O2/c1-5-20-6-8-21(9-7-20)22(29)28-14-10-24(11-15-28)17-27(16-19(2)3)18-25(24)12-13-26(4)23(25)30/h6-9,19H,5,10-18H2,1-4H3. The monoisotopic (exact) mass is 411 g/mol. The van der Waals surface area contributed by atoms with Crippen LogP contribution in [0.25, 0.3) is 0 Å². The van der Waals surface area contributed by atoms with E-state index in [1.165, 1.54) is 5.56 Å². The van der Waals surface area contributed by atoms with Gasteiger partial charge in [-0.2, -0.15) is 0 Å². The molecule has 4 rings (SSSR count). The van der Waals surface area contributed by atoms with Crippen molar-refractivity contribution in [2.45, 2.75) is 46.5 Å². The van der Waals surface area contributed by atoms with Gasteiger partial charge in [0.25, 0.3) is 5.91 Å². The average molecular weight is 412 g/mol. The Labute approximate surface area is 181 Å². The van der Waals surface area contributed by atoms with E-state index in [-0.39, 0.29) is 16.7 Å². The van der Waals surface area contributed by atoms with Gasteiger partial charge >= 0.3 is 0 Å². The van der Waals surface area contributed by atoms with Crippen molar-refractivity contribution in [1.29, 1.82) is 0 Å². The summed E-state index contributed by atoms with van der Waals surface area (Å²) in [6, 6.07) is 8.04. The first-order valence-electron chi connectivity index (χ1n) is 11.7. The highest BCUT2D eigenvalue weighted by molar-refractivity contribution is 5.94. The number of aryl methyl sites for hydroxylation is 1. The normalized spacial score (nSPS) is 26.5. The number of likely N-dealkylation sites (tertiary alicyclic amines) is 3. The molecule has 3 fully saturated rings. The number of rotatable bonds is 4. The van der Waals surface area contributed by atoms with E-state index in [1.807, 2.05) is 29.0 Å². The second kappa shape index (κ2) is 7.99. The molecule has 2 amide bonds. The average Bonchev–Trinajstić information content (AvgIpc) is 3.19. The molecule has 30 heavy (non-hydrogen) atoms. The molecule has 3 heterocycles. The number of carbonyl (C=O) groups is 2. The molecule has 3 aliphatic rings. The molecule has 1 unspecified atom stereocenters. The highest BCUT2D eigenvalue weighted by Gasteiger charge is 2.64. The van der Waals surface area contributed by atoms with Crippen molar-refractivity contribution in [1.82, 2.24) is 14.7 Å². The minimum absolute atomic E-state index is 0.00653. The Hall–Kier alpha value is -1.88. The third-order valence-corrected chi connectivity index (χ3v) is 7.91. The zero-order chi connectivity index (χ0) is 21.5. The van der Waals surface area contributed by atoms with E-state index in [4.69, 9.17) is 0 Å². The van der Waals surface area contributed by atoms with Crippen LogP contribution in [0, 0.1) is 16.7 Å². The van der Waals surface area contributed by atoms with E-state index in [9.17, 15) is 9.59 Å². The minimum atomic E-state index is -0.255. The fourth-order valence-corrected chi connectivity index (χ4v) is 6.24. The molecule has 2 spiro atoms. The Morgan fingerprint density at radius 2 is 1.70 bits per heavy atom. The van der Waals surface area contributed by atoms with Gasteiger partial charge in [0, 0.05) is 57.3 Å². The Morgan fingerprint density at radius 3 is 2.23 bits per heavy atom. The van der Waals surface area contributed by atoms with E-state index in [0.29, 0.717) is 11.8 Å². The van der Waals surface area contributed by atoms with Crippen LogP contribution >= 0.6 is 0 Å². The molecular formula is C25H37N3O2. The van der Waals surface area contributed by atoms with Gasteiger partial charge in [0.05, 0.1) is 5.41 Å². The molecule has 5 nitrogen and oxygen atoms in total. The van der Waals surface area contributed by atoms with Gasteiger partial charge in [0.2, 0.25) is 5.91 Å². The van der Waals surface area contributed by atoms with Crippen LogP contribution in [0.3, 0.4) is 0 Å². The second-order valence-electron chi connectivity index (χ2n) is 10.2. The largest absolute Gasteiger partial charge is 0.345 e. The van der Waals surface area contributed by atoms with E-state index >= 15 is 0 Å². The van der Waals surface area contributed by atoms with Gasteiger partial charge in [-0.25, -0.2) is 0 Å². The molecule has 0 N–H and O–H groups in total. The lowest BCUT2D eigenvalue weighted by molar-refractivity contribution is -0.141. The molecular weight excluding hydrogens is 374 g/mol. The Kier molecular flexibility index (Phi) is 5.69. The third kappa shape index (κ3) is 3.45. The molecule has 1 aromatic rings. The highest BCUT2D eigenvalue weighted by Crippen LogP contribution is 2.57. The summed E-state index contributed by atoms with van der Waals surface area (Å²) in [5, 5.41) is 0. The minimum Gasteiger partial charge on any atom is -0.345 e. The van der Waals surface area contributed by atoms with Gasteiger partial charge < -0.3 is 14.7 Å². The topological polar surface area (TPSA) is 43.9 Å². The number of hydrogen-bond donors (Lipinski definition) is 0. The lowest BCUT2D eigenvalue weighted by Crippen LogP contribution is -2.53. The number of piperidine rings is 1.